The molecule has 2 aromatic rings. The summed E-state index contributed by atoms with van der Waals surface area (Å²) in [5.41, 5.74) is -0.751. The van der Waals surface area contributed by atoms with Crippen molar-refractivity contribution in [3.8, 4) is 5.75 Å². The first-order valence-electron chi connectivity index (χ1n) is 7.71. The lowest BCUT2D eigenvalue weighted by Crippen LogP contribution is -2.53. The highest BCUT2D eigenvalue weighted by molar-refractivity contribution is 5.93. The van der Waals surface area contributed by atoms with Gasteiger partial charge in [-0.3, -0.25) is 4.79 Å². The van der Waals surface area contributed by atoms with Crippen LogP contribution in [-0.4, -0.2) is 51.2 Å². The number of piperidine rings is 1. The van der Waals surface area contributed by atoms with Gasteiger partial charge in [-0.05, 0) is 37.1 Å². The number of ether oxygens (including phenoxy) is 1. The molecule has 1 aromatic carbocycles. The second-order valence-corrected chi connectivity index (χ2v) is 5.92. The first kappa shape index (κ1) is 16.3. The maximum Gasteiger partial charge on any atom is 0.257 e. The number of β-amino-alcohol motifs (C(OH)–C–C–N with tert-alkyl or cyclic N) is 1. The van der Waals surface area contributed by atoms with Crippen molar-refractivity contribution in [2.24, 2.45) is 0 Å². The number of benzene rings is 1. The van der Waals surface area contributed by atoms with Crippen LogP contribution in [0, 0.1) is 5.82 Å². The standard InChI is InChI=1S/C17H18FN3O3/c18-14-2-4-15(5-3-14)24-11-17(23)6-1-7-21(10-17)16(22)13-8-19-12-20-9-13/h2-5,8-9,12,23H,1,6-7,10-11H2. The number of hydrogen-bond donors (Lipinski definition) is 1. The minimum absolute atomic E-state index is 0.0354. The molecular weight excluding hydrogens is 313 g/mol. The molecule has 7 heteroatoms. The van der Waals surface area contributed by atoms with Crippen LogP contribution in [0.3, 0.4) is 0 Å². The maximum atomic E-state index is 12.9. The number of halogens is 1. The fraction of sp³-hybridized carbons (Fsp3) is 0.353. The molecule has 1 unspecified atom stereocenters. The highest BCUT2D eigenvalue weighted by Gasteiger charge is 2.36. The Morgan fingerprint density at radius 2 is 2.00 bits per heavy atom. The molecule has 1 fully saturated rings. The van der Waals surface area contributed by atoms with Gasteiger partial charge in [-0.2, -0.15) is 0 Å². The van der Waals surface area contributed by atoms with Crippen molar-refractivity contribution < 1.29 is 19.0 Å². The molecule has 1 aliphatic rings. The van der Waals surface area contributed by atoms with Gasteiger partial charge in [-0.1, -0.05) is 0 Å². The fourth-order valence-electron chi connectivity index (χ4n) is 2.74. The molecule has 1 N–H and O–H groups in total. The molecule has 6 nitrogen and oxygen atoms in total. The molecule has 3 rings (SSSR count). The molecule has 0 aliphatic carbocycles. The molecule has 1 atom stereocenters. The Morgan fingerprint density at radius 3 is 2.71 bits per heavy atom. The van der Waals surface area contributed by atoms with Crippen LogP contribution in [0.15, 0.2) is 43.0 Å². The van der Waals surface area contributed by atoms with Gasteiger partial charge >= 0.3 is 0 Å². The normalized spacial score (nSPS) is 20.7. The molecule has 0 saturated carbocycles. The van der Waals surface area contributed by atoms with Crippen molar-refractivity contribution in [1.82, 2.24) is 14.9 Å². The van der Waals surface area contributed by atoms with E-state index in [0.717, 1.165) is 0 Å². The van der Waals surface area contributed by atoms with Crippen molar-refractivity contribution >= 4 is 5.91 Å². The van der Waals surface area contributed by atoms with Gasteiger partial charge in [0.15, 0.2) is 0 Å². The second kappa shape index (κ2) is 6.92. The van der Waals surface area contributed by atoms with Gasteiger partial charge in [0.05, 0.1) is 12.1 Å². The monoisotopic (exact) mass is 331 g/mol. The summed E-state index contributed by atoms with van der Waals surface area (Å²) in [5, 5.41) is 10.7. The number of carbonyl (C=O) groups excluding carboxylic acids is 1. The third-order valence-electron chi connectivity index (χ3n) is 3.97. The van der Waals surface area contributed by atoms with Crippen molar-refractivity contribution in [2.75, 3.05) is 19.7 Å². The summed E-state index contributed by atoms with van der Waals surface area (Å²) in [6, 6.07) is 5.61. The van der Waals surface area contributed by atoms with Crippen LogP contribution < -0.4 is 4.74 Å². The van der Waals surface area contributed by atoms with Crippen LogP contribution in [0.25, 0.3) is 0 Å². The molecule has 1 aliphatic heterocycles. The number of carbonyl (C=O) groups is 1. The van der Waals surface area contributed by atoms with E-state index in [1.54, 1.807) is 4.90 Å². The maximum absolute atomic E-state index is 12.9. The topological polar surface area (TPSA) is 75.6 Å². The molecule has 1 saturated heterocycles. The largest absolute Gasteiger partial charge is 0.491 e. The zero-order valence-electron chi connectivity index (χ0n) is 13.1. The Bertz CT molecular complexity index is 696. The van der Waals surface area contributed by atoms with Crippen LogP contribution in [-0.2, 0) is 0 Å². The molecule has 1 aromatic heterocycles. The Labute approximate surface area is 138 Å². The summed E-state index contributed by atoms with van der Waals surface area (Å²) >= 11 is 0. The summed E-state index contributed by atoms with van der Waals surface area (Å²) in [6.45, 7) is 0.766. The van der Waals surface area contributed by atoms with Gasteiger partial charge in [0, 0.05) is 18.9 Å². The lowest BCUT2D eigenvalue weighted by atomic mass is 9.93. The molecule has 0 spiro atoms. The first-order chi connectivity index (χ1) is 11.6. The zero-order valence-corrected chi connectivity index (χ0v) is 13.1. The van der Waals surface area contributed by atoms with Gasteiger partial charge in [-0.25, -0.2) is 14.4 Å². The highest BCUT2D eigenvalue weighted by Crippen LogP contribution is 2.24. The zero-order chi connectivity index (χ0) is 17.0. The number of hydrogen-bond acceptors (Lipinski definition) is 5. The highest BCUT2D eigenvalue weighted by atomic mass is 19.1. The number of rotatable bonds is 4. The smallest absolute Gasteiger partial charge is 0.257 e. The lowest BCUT2D eigenvalue weighted by molar-refractivity contribution is -0.0532. The first-order valence-corrected chi connectivity index (χ1v) is 7.71. The summed E-state index contributed by atoms with van der Waals surface area (Å²) < 4.78 is 18.5. The van der Waals surface area contributed by atoms with Crippen LogP contribution in [0.1, 0.15) is 23.2 Å². The summed E-state index contributed by atoms with van der Waals surface area (Å²) in [7, 11) is 0. The van der Waals surface area contributed by atoms with E-state index >= 15 is 0 Å². The van der Waals surface area contributed by atoms with E-state index in [2.05, 4.69) is 9.97 Å². The summed E-state index contributed by atoms with van der Waals surface area (Å²) in [4.78, 5) is 21.7. The molecular formula is C17H18FN3O3. The van der Waals surface area contributed by atoms with E-state index in [1.807, 2.05) is 0 Å². The third-order valence-corrected chi connectivity index (χ3v) is 3.97. The quantitative estimate of drug-likeness (QED) is 0.922. The van der Waals surface area contributed by atoms with Crippen LogP contribution >= 0.6 is 0 Å². The minimum Gasteiger partial charge on any atom is -0.491 e. The predicted octanol–water partition coefficient (Wildman–Crippen LogP) is 1.66. The van der Waals surface area contributed by atoms with Gasteiger partial charge in [0.1, 0.15) is 30.1 Å². The van der Waals surface area contributed by atoms with E-state index in [0.29, 0.717) is 30.7 Å². The Morgan fingerprint density at radius 1 is 1.29 bits per heavy atom. The van der Waals surface area contributed by atoms with Gasteiger partial charge < -0.3 is 14.7 Å². The molecule has 24 heavy (non-hydrogen) atoms. The van der Waals surface area contributed by atoms with Crippen LogP contribution in [0.4, 0.5) is 4.39 Å². The SMILES string of the molecule is O=C(c1cncnc1)N1CCCC(O)(COc2ccc(F)cc2)C1. The second-order valence-electron chi connectivity index (χ2n) is 5.92. The van der Waals surface area contributed by atoms with E-state index in [1.165, 1.54) is 43.0 Å². The van der Waals surface area contributed by atoms with Crippen molar-refractivity contribution in [2.45, 2.75) is 18.4 Å². The predicted molar refractivity (Wildman–Crippen MR) is 84.0 cm³/mol. The van der Waals surface area contributed by atoms with Crippen molar-refractivity contribution in [1.29, 1.82) is 0 Å². The Balaban J connectivity index is 1.63. The van der Waals surface area contributed by atoms with Gasteiger partial charge in [-0.15, -0.1) is 0 Å². The lowest BCUT2D eigenvalue weighted by Gasteiger charge is -2.38. The Hall–Kier alpha value is -2.54. The number of aromatic nitrogens is 2. The van der Waals surface area contributed by atoms with E-state index < -0.39 is 5.60 Å². The molecule has 126 valence electrons. The number of likely N-dealkylation sites (tertiary alicyclic amines) is 1. The number of aliphatic hydroxyl groups is 1. The van der Waals surface area contributed by atoms with E-state index in [9.17, 15) is 14.3 Å². The van der Waals surface area contributed by atoms with E-state index in [-0.39, 0.29) is 24.9 Å². The van der Waals surface area contributed by atoms with Crippen molar-refractivity contribution in [3.63, 3.8) is 0 Å². The molecule has 0 bridgehead atoms. The van der Waals surface area contributed by atoms with Gasteiger partial charge in [0.25, 0.3) is 5.91 Å². The summed E-state index contributed by atoms with van der Waals surface area (Å²) in [5.74, 6) is -0.0826. The van der Waals surface area contributed by atoms with Crippen LogP contribution in [0.2, 0.25) is 0 Å². The molecule has 1 amide bonds. The molecule has 2 heterocycles. The Kier molecular flexibility index (Phi) is 4.71. The van der Waals surface area contributed by atoms with Crippen LogP contribution in [0.5, 0.6) is 5.75 Å². The van der Waals surface area contributed by atoms with E-state index in [4.69, 9.17) is 4.74 Å². The fourth-order valence-corrected chi connectivity index (χ4v) is 2.74. The summed E-state index contributed by atoms with van der Waals surface area (Å²) in [6.07, 6.45) is 5.47. The third kappa shape index (κ3) is 3.86. The average Bonchev–Trinajstić information content (AvgIpc) is 2.61. The van der Waals surface area contributed by atoms with Gasteiger partial charge in [0.2, 0.25) is 0 Å². The van der Waals surface area contributed by atoms with Crippen molar-refractivity contribution in [3.05, 3.63) is 54.4 Å². The average molecular weight is 331 g/mol. The molecule has 0 radical (unpaired) electrons. The number of amides is 1. The number of nitrogens with zero attached hydrogens (tertiary/aromatic N) is 3. The minimum atomic E-state index is -1.14.